The van der Waals surface area contributed by atoms with Gasteiger partial charge in [-0.1, -0.05) is 6.92 Å². The zero-order chi connectivity index (χ0) is 14.7. The van der Waals surface area contributed by atoms with Gasteiger partial charge in [0.05, 0.1) is 19.3 Å². The molecule has 0 aliphatic carbocycles. The van der Waals surface area contributed by atoms with Gasteiger partial charge in [0.2, 0.25) is 5.91 Å². The first-order valence-electron chi connectivity index (χ1n) is 7.74. The molecule has 2 aliphatic heterocycles. The number of carbonyl (C=O) groups is 1. The summed E-state index contributed by atoms with van der Waals surface area (Å²) in [5, 5.41) is 3.26. The summed E-state index contributed by atoms with van der Waals surface area (Å²) >= 11 is 0. The van der Waals surface area contributed by atoms with E-state index in [0.29, 0.717) is 13.2 Å². The van der Waals surface area contributed by atoms with Crippen LogP contribution < -0.4 is 19.7 Å². The average molecular weight is 290 g/mol. The van der Waals surface area contributed by atoms with Crippen molar-refractivity contribution in [2.24, 2.45) is 0 Å². The van der Waals surface area contributed by atoms with Crippen LogP contribution in [0.15, 0.2) is 18.2 Å². The standard InChI is InChI=1S/C16H22N2O3/c1-2-17-13-5-3-8-18(16(13)19)12-6-7-14-15(11-12)21-10-4-9-20-14/h6-7,11,13,17H,2-5,8-10H2,1H3. The van der Waals surface area contributed by atoms with Crippen molar-refractivity contribution >= 4 is 11.6 Å². The Balaban J connectivity index is 1.82. The number of amides is 1. The molecule has 1 N–H and O–H groups in total. The van der Waals surface area contributed by atoms with E-state index in [0.717, 1.165) is 49.5 Å². The summed E-state index contributed by atoms with van der Waals surface area (Å²) in [6.45, 7) is 4.94. The fourth-order valence-corrected chi connectivity index (χ4v) is 2.89. The Labute approximate surface area is 125 Å². The molecule has 21 heavy (non-hydrogen) atoms. The third kappa shape index (κ3) is 2.97. The second kappa shape index (κ2) is 6.35. The molecule has 3 rings (SSSR count). The second-order valence-electron chi connectivity index (χ2n) is 5.42. The maximum atomic E-state index is 12.5. The maximum absolute atomic E-state index is 12.5. The Morgan fingerprint density at radius 1 is 1.24 bits per heavy atom. The summed E-state index contributed by atoms with van der Waals surface area (Å²) in [5.41, 5.74) is 0.895. The van der Waals surface area contributed by atoms with E-state index in [1.165, 1.54) is 0 Å². The molecule has 1 amide bonds. The van der Waals surface area contributed by atoms with Crippen molar-refractivity contribution in [1.29, 1.82) is 0 Å². The van der Waals surface area contributed by atoms with E-state index in [2.05, 4.69) is 5.32 Å². The molecule has 1 unspecified atom stereocenters. The van der Waals surface area contributed by atoms with Crippen molar-refractivity contribution in [3.05, 3.63) is 18.2 Å². The first kappa shape index (κ1) is 14.2. The summed E-state index contributed by atoms with van der Waals surface area (Å²) in [6.07, 6.45) is 2.81. The topological polar surface area (TPSA) is 50.8 Å². The number of hydrogen-bond donors (Lipinski definition) is 1. The molecule has 1 fully saturated rings. The van der Waals surface area contributed by atoms with E-state index >= 15 is 0 Å². The first-order valence-corrected chi connectivity index (χ1v) is 7.74. The van der Waals surface area contributed by atoms with Gasteiger partial charge in [-0.3, -0.25) is 4.79 Å². The van der Waals surface area contributed by atoms with Crippen LogP contribution in [0.5, 0.6) is 11.5 Å². The van der Waals surface area contributed by atoms with E-state index in [-0.39, 0.29) is 11.9 Å². The van der Waals surface area contributed by atoms with E-state index in [4.69, 9.17) is 9.47 Å². The van der Waals surface area contributed by atoms with Gasteiger partial charge in [-0.15, -0.1) is 0 Å². The highest BCUT2D eigenvalue weighted by atomic mass is 16.5. The Kier molecular flexibility index (Phi) is 4.29. The van der Waals surface area contributed by atoms with Crippen LogP contribution in [0.25, 0.3) is 0 Å². The Bertz CT molecular complexity index is 516. The van der Waals surface area contributed by atoms with E-state index in [1.54, 1.807) is 0 Å². The summed E-state index contributed by atoms with van der Waals surface area (Å²) in [7, 11) is 0. The molecule has 0 bridgehead atoms. The largest absolute Gasteiger partial charge is 0.490 e. The average Bonchev–Trinajstić information content (AvgIpc) is 2.74. The van der Waals surface area contributed by atoms with Crippen molar-refractivity contribution in [2.75, 3.05) is 31.2 Å². The number of likely N-dealkylation sites (N-methyl/N-ethyl adjacent to an activating group) is 1. The smallest absolute Gasteiger partial charge is 0.244 e. The van der Waals surface area contributed by atoms with Crippen molar-refractivity contribution in [2.45, 2.75) is 32.2 Å². The minimum absolute atomic E-state index is 0.0697. The van der Waals surface area contributed by atoms with Gasteiger partial charge in [-0.25, -0.2) is 0 Å². The zero-order valence-corrected chi connectivity index (χ0v) is 12.4. The Morgan fingerprint density at radius 2 is 2.05 bits per heavy atom. The highest BCUT2D eigenvalue weighted by Crippen LogP contribution is 2.34. The molecular formula is C16H22N2O3. The van der Waals surface area contributed by atoms with Gasteiger partial charge in [-0.05, 0) is 31.5 Å². The van der Waals surface area contributed by atoms with Gasteiger partial charge in [0.25, 0.3) is 0 Å². The zero-order valence-electron chi connectivity index (χ0n) is 12.4. The third-order valence-electron chi connectivity index (χ3n) is 3.93. The lowest BCUT2D eigenvalue weighted by atomic mass is 10.0. The molecule has 1 aromatic rings. The van der Waals surface area contributed by atoms with E-state index in [1.807, 2.05) is 30.0 Å². The van der Waals surface area contributed by atoms with E-state index in [9.17, 15) is 4.79 Å². The number of nitrogens with one attached hydrogen (secondary N) is 1. The van der Waals surface area contributed by atoms with Crippen LogP contribution >= 0.6 is 0 Å². The van der Waals surface area contributed by atoms with Crippen LogP contribution in [0, 0.1) is 0 Å². The molecular weight excluding hydrogens is 268 g/mol. The van der Waals surface area contributed by atoms with Crippen molar-refractivity contribution in [3.63, 3.8) is 0 Å². The highest BCUT2D eigenvalue weighted by molar-refractivity contribution is 5.98. The molecule has 1 saturated heterocycles. The number of fused-ring (bicyclic) bond motifs is 1. The van der Waals surface area contributed by atoms with Crippen LogP contribution in [0.4, 0.5) is 5.69 Å². The van der Waals surface area contributed by atoms with Crippen LogP contribution in [0.2, 0.25) is 0 Å². The number of carbonyl (C=O) groups excluding carboxylic acids is 1. The summed E-state index contributed by atoms with van der Waals surface area (Å²) < 4.78 is 11.3. The van der Waals surface area contributed by atoms with Gasteiger partial charge in [-0.2, -0.15) is 0 Å². The fourth-order valence-electron chi connectivity index (χ4n) is 2.89. The molecule has 2 heterocycles. The number of rotatable bonds is 3. The number of hydrogen-bond acceptors (Lipinski definition) is 4. The van der Waals surface area contributed by atoms with Gasteiger partial charge in [0.1, 0.15) is 0 Å². The summed E-state index contributed by atoms with van der Waals surface area (Å²) in [5.74, 6) is 1.66. The number of piperidine rings is 1. The lowest BCUT2D eigenvalue weighted by molar-refractivity contribution is -0.121. The Hall–Kier alpha value is -1.75. The quantitative estimate of drug-likeness (QED) is 0.924. The van der Waals surface area contributed by atoms with Crippen LogP contribution in [-0.2, 0) is 4.79 Å². The Morgan fingerprint density at radius 3 is 2.86 bits per heavy atom. The molecule has 0 spiro atoms. The number of benzene rings is 1. The normalized spacial score (nSPS) is 22.0. The molecule has 0 saturated carbocycles. The number of ether oxygens (including phenoxy) is 2. The fraction of sp³-hybridized carbons (Fsp3) is 0.562. The molecule has 2 aliphatic rings. The number of nitrogens with zero attached hydrogens (tertiary/aromatic N) is 1. The molecule has 5 heteroatoms. The lowest BCUT2D eigenvalue weighted by Crippen LogP contribution is -2.50. The van der Waals surface area contributed by atoms with Gasteiger partial charge >= 0.3 is 0 Å². The van der Waals surface area contributed by atoms with Crippen LogP contribution in [0.1, 0.15) is 26.2 Å². The maximum Gasteiger partial charge on any atom is 0.244 e. The lowest BCUT2D eigenvalue weighted by Gasteiger charge is -2.32. The monoisotopic (exact) mass is 290 g/mol. The number of anilines is 1. The molecule has 0 aromatic heterocycles. The van der Waals surface area contributed by atoms with Crippen molar-refractivity contribution < 1.29 is 14.3 Å². The summed E-state index contributed by atoms with van der Waals surface area (Å²) in [6, 6.07) is 5.70. The first-order chi connectivity index (χ1) is 10.3. The molecule has 114 valence electrons. The molecule has 5 nitrogen and oxygen atoms in total. The predicted molar refractivity (Wildman–Crippen MR) is 81.1 cm³/mol. The second-order valence-corrected chi connectivity index (χ2v) is 5.42. The van der Waals surface area contributed by atoms with Gasteiger partial charge in [0.15, 0.2) is 11.5 Å². The van der Waals surface area contributed by atoms with E-state index < -0.39 is 0 Å². The minimum Gasteiger partial charge on any atom is -0.490 e. The highest BCUT2D eigenvalue weighted by Gasteiger charge is 2.29. The SMILES string of the molecule is CCNC1CCCN(c2ccc3c(c2)OCCCO3)C1=O. The van der Waals surface area contributed by atoms with Crippen LogP contribution in [-0.4, -0.2) is 38.3 Å². The molecule has 0 radical (unpaired) electrons. The summed E-state index contributed by atoms with van der Waals surface area (Å²) in [4.78, 5) is 14.4. The van der Waals surface area contributed by atoms with Crippen LogP contribution in [0.3, 0.4) is 0 Å². The van der Waals surface area contributed by atoms with Gasteiger partial charge in [0, 0.05) is 24.7 Å². The van der Waals surface area contributed by atoms with Gasteiger partial charge < -0.3 is 19.7 Å². The molecule has 1 aromatic carbocycles. The predicted octanol–water partition coefficient (Wildman–Crippen LogP) is 1.95. The third-order valence-corrected chi connectivity index (χ3v) is 3.93. The molecule has 1 atom stereocenters. The minimum atomic E-state index is -0.0697. The van der Waals surface area contributed by atoms with Crippen molar-refractivity contribution in [3.8, 4) is 11.5 Å². The van der Waals surface area contributed by atoms with Crippen molar-refractivity contribution in [1.82, 2.24) is 5.32 Å².